The molecule has 6 heteroatoms. The lowest BCUT2D eigenvalue weighted by Crippen LogP contribution is -2.06. The fraction of sp³-hybridized carbons (Fsp3) is 0.214. The lowest BCUT2D eigenvalue weighted by atomic mass is 10.0. The number of alkyl halides is 2. The van der Waals surface area contributed by atoms with Gasteiger partial charge < -0.3 is 15.6 Å². The standard InChI is InChI=1S/C14H14F2N2O2/c15-14(16)20-11-5-3-9(4-6-11)12(19)8-10-2-1-7-18-13(10)17/h1-7,12,14,19H,8H2,(H2,17,18). The minimum absolute atomic E-state index is 0.0526. The van der Waals surface area contributed by atoms with E-state index in [0.717, 1.165) is 5.56 Å². The van der Waals surface area contributed by atoms with E-state index in [1.807, 2.05) is 0 Å². The van der Waals surface area contributed by atoms with Gasteiger partial charge in [-0.3, -0.25) is 0 Å². The number of aromatic nitrogens is 1. The summed E-state index contributed by atoms with van der Waals surface area (Å²) < 4.78 is 28.3. The fourth-order valence-corrected chi connectivity index (χ4v) is 1.82. The molecule has 0 saturated heterocycles. The minimum Gasteiger partial charge on any atom is -0.435 e. The molecule has 0 fully saturated rings. The van der Waals surface area contributed by atoms with E-state index in [9.17, 15) is 13.9 Å². The van der Waals surface area contributed by atoms with Gasteiger partial charge in [-0.15, -0.1) is 0 Å². The first-order valence-corrected chi connectivity index (χ1v) is 5.98. The van der Waals surface area contributed by atoms with Crippen molar-refractivity contribution in [2.45, 2.75) is 19.1 Å². The molecule has 1 unspecified atom stereocenters. The van der Waals surface area contributed by atoms with Crippen LogP contribution in [0.1, 0.15) is 17.2 Å². The molecule has 4 nitrogen and oxygen atoms in total. The number of halogens is 2. The number of hydrogen-bond acceptors (Lipinski definition) is 4. The van der Waals surface area contributed by atoms with Crippen LogP contribution in [0.15, 0.2) is 42.6 Å². The number of benzene rings is 1. The normalized spacial score (nSPS) is 12.4. The Kier molecular flexibility index (Phi) is 4.47. The molecule has 3 N–H and O–H groups in total. The molecule has 1 atom stereocenters. The van der Waals surface area contributed by atoms with Crippen molar-refractivity contribution in [3.63, 3.8) is 0 Å². The average molecular weight is 280 g/mol. The van der Waals surface area contributed by atoms with Gasteiger partial charge in [-0.2, -0.15) is 8.78 Å². The molecule has 0 amide bonds. The van der Waals surface area contributed by atoms with Crippen LogP contribution >= 0.6 is 0 Å². The van der Waals surface area contributed by atoms with E-state index < -0.39 is 12.7 Å². The molecular formula is C14H14F2N2O2. The smallest absolute Gasteiger partial charge is 0.387 e. The lowest BCUT2D eigenvalue weighted by molar-refractivity contribution is -0.0498. The summed E-state index contributed by atoms with van der Waals surface area (Å²) >= 11 is 0. The molecule has 106 valence electrons. The number of hydrogen-bond donors (Lipinski definition) is 2. The highest BCUT2D eigenvalue weighted by Gasteiger charge is 2.12. The number of nitrogens with zero attached hydrogens (tertiary/aromatic N) is 1. The first-order chi connectivity index (χ1) is 9.56. The quantitative estimate of drug-likeness (QED) is 0.883. The number of anilines is 1. The van der Waals surface area contributed by atoms with Crippen molar-refractivity contribution in [2.75, 3.05) is 5.73 Å². The van der Waals surface area contributed by atoms with E-state index >= 15 is 0 Å². The van der Waals surface area contributed by atoms with Crippen LogP contribution in [-0.2, 0) is 6.42 Å². The molecular weight excluding hydrogens is 266 g/mol. The number of ether oxygens (including phenoxy) is 1. The molecule has 2 rings (SSSR count). The molecule has 0 aliphatic rings. The van der Waals surface area contributed by atoms with Gasteiger partial charge in [-0.05, 0) is 29.3 Å². The van der Waals surface area contributed by atoms with Crippen LogP contribution in [-0.4, -0.2) is 16.7 Å². The molecule has 0 bridgehead atoms. The Morgan fingerprint density at radius 3 is 2.50 bits per heavy atom. The van der Waals surface area contributed by atoms with Crippen molar-refractivity contribution in [1.29, 1.82) is 0 Å². The molecule has 1 aromatic heterocycles. The second kappa shape index (κ2) is 6.29. The molecule has 2 aromatic rings. The van der Waals surface area contributed by atoms with E-state index in [-0.39, 0.29) is 5.75 Å². The van der Waals surface area contributed by atoms with Crippen molar-refractivity contribution in [3.8, 4) is 5.75 Å². The molecule has 1 heterocycles. The van der Waals surface area contributed by atoms with Gasteiger partial charge in [0.25, 0.3) is 0 Å². The first-order valence-electron chi connectivity index (χ1n) is 5.98. The number of aliphatic hydroxyl groups is 1. The Labute approximate surface area is 114 Å². The van der Waals surface area contributed by atoms with Crippen LogP contribution in [0.5, 0.6) is 5.75 Å². The van der Waals surface area contributed by atoms with Gasteiger partial charge >= 0.3 is 6.61 Å². The molecule has 1 aromatic carbocycles. The molecule has 20 heavy (non-hydrogen) atoms. The van der Waals surface area contributed by atoms with Crippen molar-refractivity contribution < 1.29 is 18.6 Å². The van der Waals surface area contributed by atoms with Gasteiger partial charge in [0, 0.05) is 12.6 Å². The number of nitrogens with two attached hydrogens (primary N) is 1. The predicted octanol–water partition coefficient (Wildman–Crippen LogP) is 2.54. The molecule has 0 aliphatic heterocycles. The number of nitrogen functional groups attached to an aromatic ring is 1. The van der Waals surface area contributed by atoms with E-state index in [2.05, 4.69) is 9.72 Å². The number of aliphatic hydroxyl groups excluding tert-OH is 1. The average Bonchev–Trinajstić information content (AvgIpc) is 2.41. The predicted molar refractivity (Wildman–Crippen MR) is 70.4 cm³/mol. The van der Waals surface area contributed by atoms with E-state index in [0.29, 0.717) is 17.8 Å². The monoisotopic (exact) mass is 280 g/mol. The Hall–Kier alpha value is -2.21. The summed E-state index contributed by atoms with van der Waals surface area (Å²) in [6.07, 6.45) is 1.08. The third kappa shape index (κ3) is 3.64. The second-order valence-electron chi connectivity index (χ2n) is 4.22. The van der Waals surface area contributed by atoms with Gasteiger partial charge in [0.15, 0.2) is 0 Å². The van der Waals surface area contributed by atoms with Crippen LogP contribution in [0, 0.1) is 0 Å². The van der Waals surface area contributed by atoms with Crippen LogP contribution in [0.2, 0.25) is 0 Å². The summed E-state index contributed by atoms with van der Waals surface area (Å²) in [6.45, 7) is -2.86. The maximum Gasteiger partial charge on any atom is 0.387 e. The highest BCUT2D eigenvalue weighted by Crippen LogP contribution is 2.23. The zero-order valence-electron chi connectivity index (χ0n) is 10.5. The Morgan fingerprint density at radius 2 is 1.90 bits per heavy atom. The fourth-order valence-electron chi connectivity index (χ4n) is 1.82. The third-order valence-corrected chi connectivity index (χ3v) is 2.83. The highest BCUT2D eigenvalue weighted by atomic mass is 19.3. The lowest BCUT2D eigenvalue weighted by Gasteiger charge is -2.13. The summed E-state index contributed by atoms with van der Waals surface area (Å²) in [5, 5.41) is 10.1. The molecule has 0 saturated carbocycles. The van der Waals surface area contributed by atoms with Gasteiger partial charge in [0.2, 0.25) is 0 Å². The maximum atomic E-state index is 12.0. The topological polar surface area (TPSA) is 68.4 Å². The van der Waals surface area contributed by atoms with E-state index in [4.69, 9.17) is 5.73 Å². The summed E-state index contributed by atoms with van der Waals surface area (Å²) in [6, 6.07) is 9.36. The van der Waals surface area contributed by atoms with Gasteiger partial charge in [0.1, 0.15) is 11.6 Å². The first kappa shape index (κ1) is 14.2. The number of pyridine rings is 1. The van der Waals surface area contributed by atoms with Crippen molar-refractivity contribution in [1.82, 2.24) is 4.98 Å². The zero-order valence-corrected chi connectivity index (χ0v) is 10.5. The highest BCUT2D eigenvalue weighted by molar-refractivity contribution is 5.39. The van der Waals surface area contributed by atoms with E-state index in [1.165, 1.54) is 24.3 Å². The second-order valence-corrected chi connectivity index (χ2v) is 4.22. The Morgan fingerprint density at radius 1 is 1.20 bits per heavy atom. The van der Waals surface area contributed by atoms with Crippen LogP contribution < -0.4 is 10.5 Å². The zero-order chi connectivity index (χ0) is 14.5. The van der Waals surface area contributed by atoms with Crippen molar-refractivity contribution in [2.24, 2.45) is 0 Å². The van der Waals surface area contributed by atoms with E-state index in [1.54, 1.807) is 18.3 Å². The Balaban J connectivity index is 2.06. The summed E-state index contributed by atoms with van der Waals surface area (Å²) in [5.74, 6) is 0.418. The van der Waals surface area contributed by atoms with Gasteiger partial charge in [0.05, 0.1) is 6.10 Å². The van der Waals surface area contributed by atoms with Crippen LogP contribution in [0.3, 0.4) is 0 Å². The maximum absolute atomic E-state index is 12.0. The summed E-state index contributed by atoms with van der Waals surface area (Å²) in [7, 11) is 0. The van der Waals surface area contributed by atoms with Gasteiger partial charge in [-0.1, -0.05) is 18.2 Å². The number of rotatable bonds is 5. The minimum atomic E-state index is -2.86. The SMILES string of the molecule is Nc1ncccc1CC(O)c1ccc(OC(F)F)cc1. The largest absolute Gasteiger partial charge is 0.435 e. The summed E-state index contributed by atoms with van der Waals surface area (Å²) in [4.78, 5) is 3.94. The third-order valence-electron chi connectivity index (χ3n) is 2.83. The Bertz CT molecular complexity index is 561. The van der Waals surface area contributed by atoms with Gasteiger partial charge in [-0.25, -0.2) is 4.98 Å². The van der Waals surface area contributed by atoms with Crippen molar-refractivity contribution >= 4 is 5.82 Å². The molecule has 0 radical (unpaired) electrons. The van der Waals surface area contributed by atoms with Crippen LogP contribution in [0.4, 0.5) is 14.6 Å². The van der Waals surface area contributed by atoms with Crippen LogP contribution in [0.25, 0.3) is 0 Å². The summed E-state index contributed by atoms with van der Waals surface area (Å²) in [5.41, 5.74) is 7.02. The molecule has 0 spiro atoms. The van der Waals surface area contributed by atoms with Crippen molar-refractivity contribution in [3.05, 3.63) is 53.7 Å². The molecule has 0 aliphatic carbocycles.